The van der Waals surface area contributed by atoms with Gasteiger partial charge in [-0.25, -0.2) is 24.1 Å². The number of rotatable bonds is 7. The van der Waals surface area contributed by atoms with Gasteiger partial charge in [-0.15, -0.1) is 0 Å². The van der Waals surface area contributed by atoms with Gasteiger partial charge in [0.15, 0.2) is 5.82 Å². The molecule has 3 heterocycles. The first-order valence-electron chi connectivity index (χ1n) is 13.4. The van der Waals surface area contributed by atoms with Crippen molar-refractivity contribution in [1.82, 2.24) is 19.9 Å². The van der Waals surface area contributed by atoms with Crippen molar-refractivity contribution in [3.05, 3.63) is 41.7 Å². The minimum Gasteiger partial charge on any atom is -0.491 e. The Bertz CT molecular complexity index is 1540. The first-order chi connectivity index (χ1) is 19.6. The molecule has 222 valence electrons. The molecular weight excluding hydrogens is 545 g/mol. The van der Waals surface area contributed by atoms with Crippen molar-refractivity contribution < 1.29 is 28.6 Å². The van der Waals surface area contributed by atoms with E-state index in [0.717, 1.165) is 0 Å². The van der Waals surface area contributed by atoms with Gasteiger partial charge in [0.05, 0.1) is 35.0 Å². The Morgan fingerprint density at radius 2 is 1.93 bits per heavy atom. The number of nitriles is 1. The lowest BCUT2D eigenvalue weighted by Crippen LogP contribution is -2.51. The molecule has 0 unspecified atom stereocenters. The minimum absolute atomic E-state index is 0.00981. The van der Waals surface area contributed by atoms with E-state index in [-0.39, 0.29) is 59.8 Å². The van der Waals surface area contributed by atoms with Crippen LogP contribution in [0.25, 0.3) is 22.3 Å². The maximum Gasteiger partial charge on any atom is 0.410 e. The predicted molar refractivity (Wildman–Crippen MR) is 153 cm³/mol. The zero-order valence-electron chi connectivity index (χ0n) is 24.1. The number of amides is 2. The molecule has 42 heavy (non-hydrogen) atoms. The molecule has 4 rings (SSSR count). The van der Waals surface area contributed by atoms with Gasteiger partial charge < -0.3 is 30.5 Å². The largest absolute Gasteiger partial charge is 0.491 e. The van der Waals surface area contributed by atoms with Crippen molar-refractivity contribution in [2.24, 2.45) is 5.73 Å². The second kappa shape index (κ2) is 11.7. The van der Waals surface area contributed by atoms with Crippen LogP contribution in [0.1, 0.15) is 57.0 Å². The van der Waals surface area contributed by atoms with E-state index in [4.69, 9.17) is 15.2 Å². The van der Waals surface area contributed by atoms with E-state index in [1.165, 1.54) is 23.4 Å². The highest BCUT2D eigenvalue weighted by Gasteiger charge is 2.33. The summed E-state index contributed by atoms with van der Waals surface area (Å²) in [7, 11) is 0. The highest BCUT2D eigenvalue weighted by molar-refractivity contribution is 6.07. The standard InChI is InChI=1S/C29H34FN7O5/c1-28(2,3)42-27(39)37-12-17(30)9-18(13-37)35-26-24-23(33-15-34-26)21(25(32)38)10-22(36-24)20-7-6-19(8-16(20)11-31)41-14-29(4,5)40/h6-8,10,15,17-18,40H,9,12-14H2,1-5H3,(H2,32,38)(H,33,34,35)/t17-,18-/m0/s1. The lowest BCUT2D eigenvalue weighted by Gasteiger charge is -2.36. The first-order valence-corrected chi connectivity index (χ1v) is 13.4. The topological polar surface area (TPSA) is 177 Å². The molecular formula is C29H34FN7O5. The number of aromatic nitrogens is 3. The molecule has 0 spiro atoms. The van der Waals surface area contributed by atoms with Gasteiger partial charge in [0.2, 0.25) is 0 Å². The molecule has 0 bridgehead atoms. The lowest BCUT2D eigenvalue weighted by atomic mass is 10.0. The summed E-state index contributed by atoms with van der Waals surface area (Å²) in [6.07, 6.45) is -0.607. The Labute approximate surface area is 242 Å². The second-order valence-corrected chi connectivity index (χ2v) is 11.8. The van der Waals surface area contributed by atoms with Crippen LogP contribution in [0, 0.1) is 11.3 Å². The molecule has 4 N–H and O–H groups in total. The molecule has 1 saturated heterocycles. The molecule has 2 atom stereocenters. The monoisotopic (exact) mass is 579 g/mol. The number of likely N-dealkylation sites (tertiary alicyclic amines) is 1. The van der Waals surface area contributed by atoms with E-state index < -0.39 is 35.4 Å². The van der Waals surface area contributed by atoms with Crippen LogP contribution >= 0.6 is 0 Å². The molecule has 12 nitrogen and oxygen atoms in total. The maximum atomic E-state index is 14.7. The number of aliphatic hydroxyl groups is 1. The van der Waals surface area contributed by atoms with Gasteiger partial charge >= 0.3 is 6.09 Å². The molecule has 1 aromatic carbocycles. The van der Waals surface area contributed by atoms with Gasteiger partial charge in [-0.2, -0.15) is 5.26 Å². The number of ether oxygens (including phenoxy) is 2. The number of nitrogens with one attached hydrogen (secondary N) is 1. The SMILES string of the molecule is CC(C)(O)COc1ccc(-c2cc(C(N)=O)c3ncnc(N[C@H]4C[C@H](F)CN(C(=O)OC(C)(C)C)C4)c3n2)c(C#N)c1. The molecule has 1 fully saturated rings. The van der Waals surface area contributed by atoms with Crippen molar-refractivity contribution in [3.63, 3.8) is 0 Å². The zero-order chi connectivity index (χ0) is 30.8. The fourth-order valence-corrected chi connectivity index (χ4v) is 4.47. The number of pyridine rings is 1. The summed E-state index contributed by atoms with van der Waals surface area (Å²) in [6.45, 7) is 8.46. The summed E-state index contributed by atoms with van der Waals surface area (Å²) in [5.74, 6) is -0.197. The number of hydrogen-bond acceptors (Lipinski definition) is 10. The molecule has 1 aliphatic heterocycles. The number of carbonyl (C=O) groups excluding carboxylic acids is 2. The van der Waals surface area contributed by atoms with Crippen LogP contribution in [0.5, 0.6) is 5.75 Å². The quantitative estimate of drug-likeness (QED) is 0.375. The number of piperidine rings is 1. The average molecular weight is 580 g/mol. The number of anilines is 1. The second-order valence-electron chi connectivity index (χ2n) is 11.8. The zero-order valence-corrected chi connectivity index (χ0v) is 24.1. The van der Waals surface area contributed by atoms with Gasteiger partial charge in [0.25, 0.3) is 5.91 Å². The number of benzene rings is 1. The maximum absolute atomic E-state index is 14.7. The van der Waals surface area contributed by atoms with E-state index in [9.17, 15) is 24.3 Å². The summed E-state index contributed by atoms with van der Waals surface area (Å²) in [5.41, 5.74) is 5.13. The Morgan fingerprint density at radius 3 is 2.57 bits per heavy atom. The predicted octanol–water partition coefficient (Wildman–Crippen LogP) is 3.57. The summed E-state index contributed by atoms with van der Waals surface area (Å²) < 4.78 is 25.8. The Balaban J connectivity index is 1.71. The lowest BCUT2D eigenvalue weighted by molar-refractivity contribution is 0.0124. The number of nitrogens with two attached hydrogens (primary N) is 1. The van der Waals surface area contributed by atoms with Crippen molar-refractivity contribution >= 4 is 28.9 Å². The number of alkyl halides is 1. The van der Waals surface area contributed by atoms with Crippen LogP contribution in [0.4, 0.5) is 15.0 Å². The van der Waals surface area contributed by atoms with E-state index >= 15 is 0 Å². The van der Waals surface area contributed by atoms with Crippen LogP contribution < -0.4 is 15.8 Å². The molecule has 0 aliphatic carbocycles. The Morgan fingerprint density at radius 1 is 1.19 bits per heavy atom. The smallest absolute Gasteiger partial charge is 0.410 e. The third kappa shape index (κ3) is 7.38. The molecule has 3 aromatic rings. The summed E-state index contributed by atoms with van der Waals surface area (Å²) in [5, 5.41) is 23.0. The number of primary amides is 1. The van der Waals surface area contributed by atoms with E-state index in [0.29, 0.717) is 11.3 Å². The molecule has 0 radical (unpaired) electrons. The van der Waals surface area contributed by atoms with Crippen LogP contribution in [-0.2, 0) is 4.74 Å². The third-order valence-electron chi connectivity index (χ3n) is 6.23. The Hall–Kier alpha value is -4.57. The first kappa shape index (κ1) is 30.4. The van der Waals surface area contributed by atoms with Gasteiger partial charge in [-0.3, -0.25) is 4.79 Å². The van der Waals surface area contributed by atoms with Crippen molar-refractivity contribution in [2.75, 3.05) is 25.0 Å². The highest BCUT2D eigenvalue weighted by Crippen LogP contribution is 2.31. The summed E-state index contributed by atoms with van der Waals surface area (Å²) in [4.78, 5) is 39.6. The van der Waals surface area contributed by atoms with Crippen molar-refractivity contribution in [3.8, 4) is 23.1 Å². The molecule has 2 amide bonds. The molecule has 13 heteroatoms. The fraction of sp³-hybridized carbons (Fsp3) is 0.448. The number of carbonyl (C=O) groups is 2. The van der Waals surface area contributed by atoms with E-state index in [2.05, 4.69) is 26.3 Å². The van der Waals surface area contributed by atoms with Gasteiger partial charge in [-0.1, -0.05) is 0 Å². The van der Waals surface area contributed by atoms with Crippen molar-refractivity contribution in [2.45, 2.75) is 64.5 Å². The Kier molecular flexibility index (Phi) is 8.49. The molecule has 0 saturated carbocycles. The van der Waals surface area contributed by atoms with Crippen LogP contribution in [0.2, 0.25) is 0 Å². The van der Waals surface area contributed by atoms with Crippen LogP contribution in [0.3, 0.4) is 0 Å². The number of fused-ring (bicyclic) bond motifs is 1. The summed E-state index contributed by atoms with van der Waals surface area (Å²) >= 11 is 0. The van der Waals surface area contributed by atoms with Gasteiger partial charge in [0, 0.05) is 24.6 Å². The van der Waals surface area contributed by atoms with Crippen LogP contribution in [-0.4, -0.2) is 80.1 Å². The number of hydrogen-bond donors (Lipinski definition) is 3. The van der Waals surface area contributed by atoms with Gasteiger partial charge in [-0.05, 0) is 58.9 Å². The molecule has 1 aliphatic rings. The summed E-state index contributed by atoms with van der Waals surface area (Å²) in [6, 6.07) is 7.74. The number of nitrogens with zero attached hydrogens (tertiary/aromatic N) is 5. The van der Waals surface area contributed by atoms with Gasteiger partial charge in [0.1, 0.15) is 41.5 Å². The van der Waals surface area contributed by atoms with E-state index in [1.54, 1.807) is 46.8 Å². The average Bonchev–Trinajstić information content (AvgIpc) is 2.89. The normalized spacial score (nSPS) is 17.4. The highest BCUT2D eigenvalue weighted by atomic mass is 19.1. The van der Waals surface area contributed by atoms with Crippen LogP contribution in [0.15, 0.2) is 30.6 Å². The van der Waals surface area contributed by atoms with Crippen molar-refractivity contribution in [1.29, 1.82) is 5.26 Å². The fourth-order valence-electron chi connectivity index (χ4n) is 4.47. The molecule has 2 aromatic heterocycles. The third-order valence-corrected chi connectivity index (χ3v) is 6.23. The minimum atomic E-state index is -1.31. The number of halogens is 1. The van der Waals surface area contributed by atoms with E-state index in [1.807, 2.05) is 0 Å².